The molecule has 0 bridgehead atoms. The number of para-hydroxylation sites is 1. The van der Waals surface area contributed by atoms with E-state index in [-0.39, 0.29) is 4.75 Å². The maximum absolute atomic E-state index is 5.06. The molecule has 1 nitrogen and oxygen atoms in total. The molecule has 3 aromatic rings. The van der Waals surface area contributed by atoms with Crippen molar-refractivity contribution in [2.45, 2.75) is 11.7 Å². The molecule has 0 spiro atoms. The lowest BCUT2D eigenvalue weighted by molar-refractivity contribution is 0.823. The van der Waals surface area contributed by atoms with Crippen LogP contribution in [0.3, 0.4) is 0 Å². The summed E-state index contributed by atoms with van der Waals surface area (Å²) in [6.07, 6.45) is 0. The molecule has 0 amide bonds. The van der Waals surface area contributed by atoms with Crippen molar-refractivity contribution in [2.75, 3.05) is 4.90 Å². The Morgan fingerprint density at radius 3 is 1.79 bits per heavy atom. The average Bonchev–Trinajstić information content (AvgIpc) is 2.57. The summed E-state index contributed by atoms with van der Waals surface area (Å²) >= 11 is 12.3. The number of rotatable bonds is 1. The van der Waals surface area contributed by atoms with E-state index in [0.29, 0.717) is 0 Å². The van der Waals surface area contributed by atoms with Gasteiger partial charge in [0, 0.05) is 14.6 Å². The van der Waals surface area contributed by atoms with Crippen LogP contribution in [0, 0.1) is 0 Å². The highest BCUT2D eigenvalue weighted by molar-refractivity contribution is 9.10. The standard InChI is InChI=1S/C20H15Br2NS/c1-20(24)16-11-13(21)7-9-18(16)23(15-5-3-2-4-6-15)19-10-8-14(22)12-17(19)20/h2-12,24H,1H3. The molecule has 1 heterocycles. The van der Waals surface area contributed by atoms with E-state index >= 15 is 0 Å². The fourth-order valence-corrected chi connectivity index (χ4v) is 4.40. The van der Waals surface area contributed by atoms with Gasteiger partial charge in [-0.2, -0.15) is 12.6 Å². The molecule has 0 aliphatic carbocycles. The Morgan fingerprint density at radius 2 is 1.29 bits per heavy atom. The maximum Gasteiger partial charge on any atom is 0.0640 e. The molecule has 3 aromatic carbocycles. The van der Waals surface area contributed by atoms with E-state index < -0.39 is 0 Å². The Kier molecular flexibility index (Phi) is 4.02. The van der Waals surface area contributed by atoms with Crippen molar-refractivity contribution in [3.8, 4) is 0 Å². The molecule has 120 valence electrons. The lowest BCUT2D eigenvalue weighted by Gasteiger charge is -2.41. The first-order valence-corrected chi connectivity index (χ1v) is 9.69. The Labute approximate surface area is 164 Å². The van der Waals surface area contributed by atoms with Gasteiger partial charge < -0.3 is 4.90 Å². The van der Waals surface area contributed by atoms with E-state index in [1.54, 1.807) is 0 Å². The molecule has 0 fully saturated rings. The van der Waals surface area contributed by atoms with Crippen LogP contribution in [0.25, 0.3) is 0 Å². The van der Waals surface area contributed by atoms with Gasteiger partial charge in [0.1, 0.15) is 0 Å². The van der Waals surface area contributed by atoms with Crippen molar-refractivity contribution in [1.29, 1.82) is 0 Å². The van der Waals surface area contributed by atoms with Crippen molar-refractivity contribution in [3.05, 3.63) is 86.8 Å². The Bertz CT molecular complexity index is 867. The van der Waals surface area contributed by atoms with Crippen LogP contribution in [0.15, 0.2) is 75.7 Å². The molecule has 1 aliphatic heterocycles. The molecule has 4 heteroatoms. The second-order valence-corrected chi connectivity index (χ2v) is 8.79. The van der Waals surface area contributed by atoms with E-state index in [1.165, 1.54) is 11.1 Å². The number of nitrogens with zero attached hydrogens (tertiary/aromatic N) is 1. The fourth-order valence-electron chi connectivity index (χ4n) is 3.32. The third-order valence-corrected chi connectivity index (χ3v) is 5.93. The van der Waals surface area contributed by atoms with E-state index in [1.807, 2.05) is 6.07 Å². The molecular formula is C20H15Br2NS. The average molecular weight is 461 g/mol. The number of benzene rings is 3. The maximum atomic E-state index is 5.06. The van der Waals surface area contributed by atoms with Crippen LogP contribution in [0.2, 0.25) is 0 Å². The Morgan fingerprint density at radius 1 is 0.792 bits per heavy atom. The molecule has 0 N–H and O–H groups in total. The second kappa shape index (κ2) is 5.94. The minimum absolute atomic E-state index is 0.372. The number of hydrogen-bond donors (Lipinski definition) is 1. The number of hydrogen-bond acceptors (Lipinski definition) is 2. The van der Waals surface area contributed by atoms with Crippen LogP contribution in [-0.2, 0) is 4.75 Å². The molecule has 0 saturated carbocycles. The molecule has 24 heavy (non-hydrogen) atoms. The summed E-state index contributed by atoms with van der Waals surface area (Å²) in [7, 11) is 0. The van der Waals surface area contributed by atoms with Crippen molar-refractivity contribution in [3.63, 3.8) is 0 Å². The summed E-state index contributed by atoms with van der Waals surface area (Å²) in [6.45, 7) is 2.16. The number of anilines is 3. The van der Waals surface area contributed by atoms with E-state index in [2.05, 4.69) is 104 Å². The smallest absolute Gasteiger partial charge is 0.0640 e. The first kappa shape index (κ1) is 16.2. The van der Waals surface area contributed by atoms with Crippen LogP contribution in [0.5, 0.6) is 0 Å². The van der Waals surface area contributed by atoms with Gasteiger partial charge in [-0.05, 0) is 66.6 Å². The van der Waals surface area contributed by atoms with Crippen molar-refractivity contribution in [2.24, 2.45) is 0 Å². The minimum Gasteiger partial charge on any atom is -0.310 e. The van der Waals surface area contributed by atoms with Gasteiger partial charge in [0.15, 0.2) is 0 Å². The lowest BCUT2D eigenvalue weighted by Crippen LogP contribution is -2.29. The van der Waals surface area contributed by atoms with Gasteiger partial charge in [0.2, 0.25) is 0 Å². The van der Waals surface area contributed by atoms with Crippen LogP contribution in [0.4, 0.5) is 17.1 Å². The first-order chi connectivity index (χ1) is 11.5. The third-order valence-electron chi connectivity index (χ3n) is 4.46. The van der Waals surface area contributed by atoms with Crippen LogP contribution >= 0.6 is 44.5 Å². The van der Waals surface area contributed by atoms with Gasteiger partial charge in [-0.1, -0.05) is 50.1 Å². The largest absolute Gasteiger partial charge is 0.310 e. The number of thiol groups is 1. The van der Waals surface area contributed by atoms with Crippen LogP contribution < -0.4 is 4.90 Å². The van der Waals surface area contributed by atoms with Crippen molar-refractivity contribution in [1.82, 2.24) is 0 Å². The molecule has 1 aliphatic rings. The molecule has 0 atom stereocenters. The first-order valence-electron chi connectivity index (χ1n) is 7.66. The van der Waals surface area contributed by atoms with E-state index in [9.17, 15) is 0 Å². The van der Waals surface area contributed by atoms with Gasteiger partial charge >= 0.3 is 0 Å². The number of halogens is 2. The number of fused-ring (bicyclic) bond motifs is 2. The van der Waals surface area contributed by atoms with Gasteiger partial charge in [0.05, 0.1) is 16.1 Å². The van der Waals surface area contributed by atoms with Crippen LogP contribution in [-0.4, -0.2) is 0 Å². The zero-order valence-corrected chi connectivity index (χ0v) is 17.1. The Balaban J connectivity index is 2.07. The molecular weight excluding hydrogens is 446 g/mol. The lowest BCUT2D eigenvalue weighted by atomic mass is 9.85. The summed E-state index contributed by atoms with van der Waals surface area (Å²) in [5.74, 6) is 0. The Hall–Kier alpha value is -1.23. The highest BCUT2D eigenvalue weighted by atomic mass is 79.9. The summed E-state index contributed by atoms with van der Waals surface area (Å²) in [4.78, 5) is 2.31. The zero-order valence-electron chi connectivity index (χ0n) is 13.0. The summed E-state index contributed by atoms with van der Waals surface area (Å²) in [6, 6.07) is 23.3. The van der Waals surface area contributed by atoms with Gasteiger partial charge in [-0.15, -0.1) is 0 Å². The molecule has 0 aromatic heterocycles. The van der Waals surface area contributed by atoms with Crippen LogP contribution in [0.1, 0.15) is 18.1 Å². The van der Waals surface area contributed by atoms with Gasteiger partial charge in [-0.3, -0.25) is 0 Å². The summed E-state index contributed by atoms with van der Waals surface area (Å²) in [5.41, 5.74) is 5.85. The quantitative estimate of drug-likeness (QED) is 0.376. The fraction of sp³-hybridized carbons (Fsp3) is 0.100. The predicted octanol–water partition coefficient (Wildman–Crippen LogP) is 7.19. The van der Waals surface area contributed by atoms with E-state index in [0.717, 1.165) is 26.0 Å². The molecule has 4 rings (SSSR count). The SMILES string of the molecule is CC1(S)c2cc(Br)ccc2N(c2ccccc2)c2ccc(Br)cc21. The summed E-state index contributed by atoms with van der Waals surface area (Å²) in [5, 5.41) is 0. The monoisotopic (exact) mass is 459 g/mol. The van der Waals surface area contributed by atoms with Gasteiger partial charge in [-0.25, -0.2) is 0 Å². The highest BCUT2D eigenvalue weighted by Gasteiger charge is 2.37. The zero-order chi connectivity index (χ0) is 16.9. The third kappa shape index (κ3) is 2.52. The highest BCUT2D eigenvalue weighted by Crippen LogP contribution is 2.54. The minimum atomic E-state index is -0.372. The van der Waals surface area contributed by atoms with Crippen molar-refractivity contribution < 1.29 is 0 Å². The predicted molar refractivity (Wildman–Crippen MR) is 112 cm³/mol. The molecule has 0 unspecified atom stereocenters. The van der Waals surface area contributed by atoms with Gasteiger partial charge in [0.25, 0.3) is 0 Å². The normalized spacial score (nSPS) is 14.9. The molecule has 0 radical (unpaired) electrons. The topological polar surface area (TPSA) is 3.24 Å². The van der Waals surface area contributed by atoms with Crippen molar-refractivity contribution >= 4 is 61.6 Å². The second-order valence-electron chi connectivity index (χ2n) is 6.07. The van der Waals surface area contributed by atoms with E-state index in [4.69, 9.17) is 12.6 Å². The molecule has 0 saturated heterocycles. The summed E-state index contributed by atoms with van der Waals surface area (Å²) < 4.78 is 1.75.